The Morgan fingerprint density at radius 2 is 1.46 bits per heavy atom. The lowest BCUT2D eigenvalue weighted by molar-refractivity contribution is -0.384. The summed E-state index contributed by atoms with van der Waals surface area (Å²) in [6.07, 6.45) is 0. The van der Waals surface area contributed by atoms with E-state index >= 15 is 0 Å². The fourth-order valence-corrected chi connectivity index (χ4v) is 3.33. The van der Waals surface area contributed by atoms with E-state index in [-0.39, 0.29) is 16.6 Å². The first-order chi connectivity index (χ1) is 12.6. The van der Waals surface area contributed by atoms with Crippen LogP contribution < -0.4 is 0 Å². The highest BCUT2D eigenvalue weighted by molar-refractivity contribution is 6.18. The molecule has 0 heterocycles. The Hall–Kier alpha value is -3.47. The third-order valence-corrected chi connectivity index (χ3v) is 4.54. The molecule has 128 valence electrons. The van der Waals surface area contributed by atoms with E-state index in [2.05, 4.69) is 0 Å². The Morgan fingerprint density at radius 3 is 2.08 bits per heavy atom. The zero-order chi connectivity index (χ0) is 18.3. The van der Waals surface area contributed by atoms with Crippen LogP contribution in [0.3, 0.4) is 0 Å². The van der Waals surface area contributed by atoms with Gasteiger partial charge in [0.2, 0.25) is 0 Å². The summed E-state index contributed by atoms with van der Waals surface area (Å²) in [4.78, 5) is 22.5. The molecule has 0 saturated heterocycles. The maximum Gasteiger partial charge on any atom is 0.338 e. The number of rotatable bonds is 3. The van der Waals surface area contributed by atoms with Crippen LogP contribution in [0.1, 0.15) is 17.3 Å². The first kappa shape index (κ1) is 16.0. The van der Waals surface area contributed by atoms with Crippen LogP contribution in [0.4, 0.5) is 5.69 Å². The van der Waals surface area contributed by atoms with Crippen molar-refractivity contribution in [3.05, 3.63) is 76.3 Å². The van der Waals surface area contributed by atoms with Crippen LogP contribution in [0, 0.1) is 10.1 Å². The third-order valence-electron chi connectivity index (χ3n) is 4.54. The van der Waals surface area contributed by atoms with E-state index in [9.17, 15) is 14.9 Å². The fraction of sp³-hybridized carbons (Fsp3) is 0.0952. The van der Waals surface area contributed by atoms with E-state index in [1.54, 1.807) is 25.1 Å². The van der Waals surface area contributed by atoms with Crippen LogP contribution in [0.5, 0.6) is 0 Å². The van der Waals surface area contributed by atoms with Crippen LogP contribution in [0.25, 0.3) is 32.3 Å². The number of nitro benzene ring substituents is 1. The molecule has 0 aliphatic rings. The highest BCUT2D eigenvalue weighted by Gasteiger charge is 2.11. The Balaban J connectivity index is 1.94. The lowest BCUT2D eigenvalue weighted by Crippen LogP contribution is -2.04. The molecule has 0 N–H and O–H groups in total. The summed E-state index contributed by atoms with van der Waals surface area (Å²) >= 11 is 0. The largest absolute Gasteiger partial charge is 0.462 e. The predicted molar refractivity (Wildman–Crippen MR) is 102 cm³/mol. The van der Waals surface area contributed by atoms with Crippen molar-refractivity contribution in [2.24, 2.45) is 0 Å². The van der Waals surface area contributed by atoms with E-state index in [1.807, 2.05) is 36.4 Å². The van der Waals surface area contributed by atoms with Gasteiger partial charge in [-0.05, 0) is 57.4 Å². The van der Waals surface area contributed by atoms with Crippen LogP contribution in [-0.4, -0.2) is 17.5 Å². The number of fused-ring (bicyclic) bond motifs is 5. The van der Waals surface area contributed by atoms with Crippen molar-refractivity contribution >= 4 is 44.0 Å². The molecule has 0 bridgehead atoms. The van der Waals surface area contributed by atoms with Gasteiger partial charge in [-0.3, -0.25) is 10.1 Å². The average molecular weight is 345 g/mol. The second kappa shape index (κ2) is 6.11. The molecule has 4 aromatic rings. The molecule has 0 aliphatic carbocycles. The molecular formula is C21H15NO4. The maximum atomic E-state index is 11.9. The molecule has 0 aliphatic heterocycles. The van der Waals surface area contributed by atoms with E-state index in [0.29, 0.717) is 12.2 Å². The minimum atomic E-state index is -0.388. The standard InChI is InChI=1S/C21H15NO4/c1-2-26-21(23)15-5-7-17-13(11-15)3-8-20-18-10-6-16(22(24)25)12-14(18)4-9-19(17)20/h3-12H,2H2,1H3. The van der Waals surface area contributed by atoms with Gasteiger partial charge < -0.3 is 4.74 Å². The molecule has 0 saturated carbocycles. The number of benzene rings is 4. The topological polar surface area (TPSA) is 69.4 Å². The summed E-state index contributed by atoms with van der Waals surface area (Å²) in [5.74, 6) is -0.333. The van der Waals surface area contributed by atoms with Crippen molar-refractivity contribution in [3.63, 3.8) is 0 Å². The fourth-order valence-electron chi connectivity index (χ4n) is 3.33. The van der Waals surface area contributed by atoms with E-state index < -0.39 is 0 Å². The second-order valence-corrected chi connectivity index (χ2v) is 6.05. The lowest BCUT2D eigenvalue weighted by Gasteiger charge is -2.09. The van der Waals surface area contributed by atoms with Gasteiger partial charge in [0.25, 0.3) is 5.69 Å². The average Bonchev–Trinajstić information content (AvgIpc) is 2.66. The van der Waals surface area contributed by atoms with Crippen LogP contribution in [0.15, 0.2) is 60.7 Å². The molecule has 26 heavy (non-hydrogen) atoms. The molecule has 0 spiro atoms. The molecule has 0 aromatic heterocycles. The summed E-state index contributed by atoms with van der Waals surface area (Å²) in [5, 5.41) is 16.8. The number of hydrogen-bond donors (Lipinski definition) is 0. The second-order valence-electron chi connectivity index (χ2n) is 6.05. The van der Waals surface area contributed by atoms with Gasteiger partial charge in [-0.25, -0.2) is 4.79 Å². The van der Waals surface area contributed by atoms with Gasteiger partial charge in [-0.1, -0.05) is 30.3 Å². The van der Waals surface area contributed by atoms with Gasteiger partial charge in [0, 0.05) is 12.1 Å². The summed E-state index contributed by atoms with van der Waals surface area (Å²) in [6.45, 7) is 2.12. The zero-order valence-corrected chi connectivity index (χ0v) is 14.1. The third kappa shape index (κ3) is 2.54. The first-order valence-corrected chi connectivity index (χ1v) is 8.29. The Labute approximate surface area is 148 Å². The maximum absolute atomic E-state index is 11.9. The molecule has 5 heteroatoms. The van der Waals surface area contributed by atoms with Crippen LogP contribution in [0.2, 0.25) is 0 Å². The van der Waals surface area contributed by atoms with Crippen molar-refractivity contribution in [3.8, 4) is 0 Å². The van der Waals surface area contributed by atoms with Crippen molar-refractivity contribution in [2.75, 3.05) is 6.61 Å². The first-order valence-electron chi connectivity index (χ1n) is 8.29. The number of hydrogen-bond acceptors (Lipinski definition) is 4. The summed E-state index contributed by atoms with van der Waals surface area (Å²) in [5.41, 5.74) is 0.604. The number of carbonyl (C=O) groups excluding carboxylic acids is 1. The molecule has 0 amide bonds. The van der Waals surface area contributed by atoms with Crippen molar-refractivity contribution in [1.82, 2.24) is 0 Å². The molecule has 5 nitrogen and oxygen atoms in total. The number of nitro groups is 1. The van der Waals surface area contributed by atoms with Gasteiger partial charge in [-0.2, -0.15) is 0 Å². The summed E-state index contributed by atoms with van der Waals surface area (Å²) in [6, 6.07) is 18.2. The predicted octanol–water partition coefficient (Wildman–Crippen LogP) is 5.23. The molecule has 4 aromatic carbocycles. The lowest BCUT2D eigenvalue weighted by atomic mass is 9.96. The highest BCUT2D eigenvalue weighted by Crippen LogP contribution is 2.33. The van der Waals surface area contributed by atoms with Crippen LogP contribution in [-0.2, 0) is 4.74 Å². The molecular weight excluding hydrogens is 330 g/mol. The SMILES string of the molecule is CCOC(=O)c1ccc2c(ccc3c4ccc([N+](=O)[O-])cc4ccc23)c1. The zero-order valence-electron chi connectivity index (χ0n) is 14.1. The van der Waals surface area contributed by atoms with E-state index in [1.165, 1.54) is 6.07 Å². The summed E-state index contributed by atoms with van der Waals surface area (Å²) < 4.78 is 5.06. The minimum absolute atomic E-state index is 0.0803. The molecule has 0 atom stereocenters. The number of carbonyl (C=O) groups is 1. The Bertz CT molecular complexity index is 1200. The monoisotopic (exact) mass is 345 g/mol. The van der Waals surface area contributed by atoms with Gasteiger partial charge in [-0.15, -0.1) is 0 Å². The van der Waals surface area contributed by atoms with Crippen molar-refractivity contribution < 1.29 is 14.5 Å². The Kier molecular flexibility index (Phi) is 3.77. The number of esters is 1. The van der Waals surface area contributed by atoms with Gasteiger partial charge in [0.1, 0.15) is 0 Å². The van der Waals surface area contributed by atoms with E-state index in [4.69, 9.17) is 4.74 Å². The highest BCUT2D eigenvalue weighted by atomic mass is 16.6. The van der Waals surface area contributed by atoms with E-state index in [0.717, 1.165) is 32.3 Å². The molecule has 4 rings (SSSR count). The number of non-ortho nitro benzene ring substituents is 1. The minimum Gasteiger partial charge on any atom is -0.462 e. The number of ether oxygens (including phenoxy) is 1. The smallest absolute Gasteiger partial charge is 0.338 e. The van der Waals surface area contributed by atoms with Crippen LogP contribution >= 0.6 is 0 Å². The van der Waals surface area contributed by atoms with Crippen molar-refractivity contribution in [1.29, 1.82) is 0 Å². The normalized spacial score (nSPS) is 11.1. The van der Waals surface area contributed by atoms with Gasteiger partial charge in [0.15, 0.2) is 0 Å². The van der Waals surface area contributed by atoms with Gasteiger partial charge in [0.05, 0.1) is 17.1 Å². The Morgan fingerprint density at radius 1 is 0.885 bits per heavy atom. The molecule has 0 unspecified atom stereocenters. The number of nitrogens with zero attached hydrogens (tertiary/aromatic N) is 1. The quantitative estimate of drug-likeness (QED) is 0.221. The van der Waals surface area contributed by atoms with Gasteiger partial charge >= 0.3 is 5.97 Å². The summed E-state index contributed by atoms with van der Waals surface area (Å²) in [7, 11) is 0. The molecule has 0 fully saturated rings. The van der Waals surface area contributed by atoms with Crippen molar-refractivity contribution in [2.45, 2.75) is 6.92 Å². The molecule has 0 radical (unpaired) electrons.